The predicted molar refractivity (Wildman–Crippen MR) is 101 cm³/mol. The number of carbonyl (C=O) groups excluding carboxylic acids is 3. The third-order valence-corrected chi connectivity index (χ3v) is 5.98. The number of rotatable bonds is 10. The zero-order chi connectivity index (χ0) is 20.6. The van der Waals surface area contributed by atoms with Crippen molar-refractivity contribution in [3.63, 3.8) is 0 Å². The lowest BCUT2D eigenvalue weighted by Gasteiger charge is -2.19. The molecule has 1 aromatic carbocycles. The largest absolute Gasteiger partial charge is 0.456 e. The molecule has 0 spiro atoms. The van der Waals surface area contributed by atoms with Crippen molar-refractivity contribution in [1.29, 1.82) is 0 Å². The van der Waals surface area contributed by atoms with Gasteiger partial charge in [0.05, 0.1) is 22.0 Å². The summed E-state index contributed by atoms with van der Waals surface area (Å²) < 4.78 is 31.2. The number of Topliss-reactive ketones (excluding diaryl/α,β-unsaturated/α-hetero) is 1. The van der Waals surface area contributed by atoms with Gasteiger partial charge in [0.15, 0.2) is 6.61 Å². The van der Waals surface area contributed by atoms with E-state index in [0.29, 0.717) is 13.1 Å². The summed E-state index contributed by atoms with van der Waals surface area (Å²) in [5.41, 5.74) is 0.0923. The van der Waals surface area contributed by atoms with E-state index in [0.717, 1.165) is 0 Å². The van der Waals surface area contributed by atoms with Gasteiger partial charge in [0.25, 0.3) is 5.91 Å². The van der Waals surface area contributed by atoms with Gasteiger partial charge in [-0.15, -0.1) is 0 Å². The van der Waals surface area contributed by atoms with Gasteiger partial charge in [0, 0.05) is 19.5 Å². The lowest BCUT2D eigenvalue weighted by atomic mass is 10.2. The highest BCUT2D eigenvalue weighted by Crippen LogP contribution is 2.27. The highest BCUT2D eigenvalue weighted by atomic mass is 35.5. The molecule has 0 heterocycles. The standard InChI is InChI=1S/C17H23ClN2O6S/c1-4-20(5-2)27(24,25)13-7-8-14(18)15(10-13)19-16(22)11-26-17(23)9-6-12(3)21/h7-8,10H,4-6,9,11H2,1-3H3,(H,19,22). The van der Waals surface area contributed by atoms with Crippen molar-refractivity contribution in [2.45, 2.75) is 38.5 Å². The van der Waals surface area contributed by atoms with E-state index in [9.17, 15) is 22.8 Å². The van der Waals surface area contributed by atoms with E-state index in [-0.39, 0.29) is 34.2 Å². The van der Waals surface area contributed by atoms with Crippen molar-refractivity contribution in [2.24, 2.45) is 0 Å². The van der Waals surface area contributed by atoms with Crippen LogP contribution >= 0.6 is 11.6 Å². The lowest BCUT2D eigenvalue weighted by molar-refractivity contribution is -0.148. The number of esters is 1. The Morgan fingerprint density at radius 3 is 2.33 bits per heavy atom. The zero-order valence-electron chi connectivity index (χ0n) is 15.5. The third kappa shape index (κ3) is 6.93. The molecule has 0 aliphatic rings. The topological polar surface area (TPSA) is 110 Å². The normalized spacial score (nSPS) is 11.3. The Bertz CT molecular complexity index is 806. The third-order valence-electron chi connectivity index (χ3n) is 3.60. The molecule has 10 heteroatoms. The summed E-state index contributed by atoms with van der Waals surface area (Å²) in [4.78, 5) is 34.2. The molecular formula is C17H23ClN2O6S. The number of benzene rings is 1. The lowest BCUT2D eigenvalue weighted by Crippen LogP contribution is -2.30. The molecule has 0 saturated carbocycles. The van der Waals surface area contributed by atoms with E-state index in [2.05, 4.69) is 5.32 Å². The number of amides is 1. The number of ether oxygens (including phenoxy) is 1. The van der Waals surface area contributed by atoms with Gasteiger partial charge < -0.3 is 14.8 Å². The fourth-order valence-electron chi connectivity index (χ4n) is 2.16. The van der Waals surface area contributed by atoms with Crippen LogP contribution in [0.1, 0.15) is 33.6 Å². The quantitative estimate of drug-likeness (QED) is 0.583. The van der Waals surface area contributed by atoms with Crippen LogP contribution in [0.5, 0.6) is 0 Å². The van der Waals surface area contributed by atoms with Crippen LogP contribution in [0, 0.1) is 0 Å². The Hall–Kier alpha value is -1.97. The summed E-state index contributed by atoms with van der Waals surface area (Å²) in [5.74, 6) is -1.51. The van der Waals surface area contributed by atoms with E-state index in [1.807, 2.05) is 0 Å². The first-order valence-electron chi connectivity index (χ1n) is 8.36. The number of halogens is 1. The van der Waals surface area contributed by atoms with E-state index in [1.54, 1.807) is 13.8 Å². The number of anilines is 1. The summed E-state index contributed by atoms with van der Waals surface area (Å²) >= 11 is 6.02. The number of nitrogens with one attached hydrogen (secondary N) is 1. The van der Waals surface area contributed by atoms with Crippen LogP contribution in [0.25, 0.3) is 0 Å². The second-order valence-electron chi connectivity index (χ2n) is 5.64. The number of carbonyl (C=O) groups is 3. The molecule has 0 aliphatic carbocycles. The first-order chi connectivity index (χ1) is 12.6. The second kappa shape index (κ2) is 10.4. The summed E-state index contributed by atoms with van der Waals surface area (Å²) in [7, 11) is -3.71. The van der Waals surface area contributed by atoms with E-state index >= 15 is 0 Å². The number of hydrogen-bond donors (Lipinski definition) is 1. The molecule has 1 amide bonds. The van der Waals surface area contributed by atoms with Crippen LogP contribution < -0.4 is 5.32 Å². The molecule has 0 unspecified atom stereocenters. The van der Waals surface area contributed by atoms with Gasteiger partial charge in [-0.3, -0.25) is 9.59 Å². The highest BCUT2D eigenvalue weighted by molar-refractivity contribution is 7.89. The molecule has 0 bridgehead atoms. The maximum Gasteiger partial charge on any atom is 0.306 e. The molecule has 8 nitrogen and oxygen atoms in total. The van der Waals surface area contributed by atoms with Gasteiger partial charge >= 0.3 is 5.97 Å². The Morgan fingerprint density at radius 2 is 1.78 bits per heavy atom. The second-order valence-corrected chi connectivity index (χ2v) is 7.99. The van der Waals surface area contributed by atoms with Crippen molar-refractivity contribution in [1.82, 2.24) is 4.31 Å². The molecule has 1 N–H and O–H groups in total. The number of ketones is 1. The first-order valence-corrected chi connectivity index (χ1v) is 10.2. The minimum atomic E-state index is -3.71. The highest BCUT2D eigenvalue weighted by Gasteiger charge is 2.23. The van der Waals surface area contributed by atoms with E-state index < -0.39 is 28.5 Å². The minimum Gasteiger partial charge on any atom is -0.456 e. The molecule has 0 atom stereocenters. The van der Waals surface area contributed by atoms with Gasteiger partial charge in [0.1, 0.15) is 5.78 Å². The summed E-state index contributed by atoms with van der Waals surface area (Å²) in [6.45, 7) is 4.83. The van der Waals surface area contributed by atoms with Gasteiger partial charge in [-0.25, -0.2) is 8.42 Å². The average Bonchev–Trinajstić information content (AvgIpc) is 2.60. The van der Waals surface area contributed by atoms with Crippen LogP contribution in [-0.2, 0) is 29.1 Å². The number of hydrogen-bond acceptors (Lipinski definition) is 6. The molecule has 27 heavy (non-hydrogen) atoms. The van der Waals surface area contributed by atoms with Crippen molar-refractivity contribution in [3.05, 3.63) is 23.2 Å². The van der Waals surface area contributed by atoms with Crippen LogP contribution in [0.4, 0.5) is 5.69 Å². The maximum atomic E-state index is 12.6. The van der Waals surface area contributed by atoms with Crippen LogP contribution in [0.3, 0.4) is 0 Å². The van der Waals surface area contributed by atoms with Crippen molar-refractivity contribution in [2.75, 3.05) is 25.0 Å². The monoisotopic (exact) mass is 418 g/mol. The summed E-state index contributed by atoms with van der Waals surface area (Å²) in [6, 6.07) is 3.98. The fraction of sp³-hybridized carbons (Fsp3) is 0.471. The van der Waals surface area contributed by atoms with Crippen LogP contribution in [-0.4, -0.2) is 50.1 Å². The molecule has 0 aliphatic heterocycles. The summed E-state index contributed by atoms with van der Waals surface area (Å²) in [6.07, 6.45) is -0.0709. The van der Waals surface area contributed by atoms with Crippen molar-refractivity contribution >= 4 is 45.0 Å². The molecule has 1 rings (SSSR count). The first kappa shape index (κ1) is 23.1. The summed E-state index contributed by atoms with van der Waals surface area (Å²) in [5, 5.41) is 2.56. The maximum absolute atomic E-state index is 12.6. The van der Waals surface area contributed by atoms with Crippen molar-refractivity contribution < 1.29 is 27.5 Å². The van der Waals surface area contributed by atoms with Gasteiger partial charge in [-0.2, -0.15) is 4.31 Å². The molecule has 1 aromatic rings. The zero-order valence-corrected chi connectivity index (χ0v) is 17.0. The van der Waals surface area contributed by atoms with Crippen LogP contribution in [0.2, 0.25) is 5.02 Å². The molecule has 0 aromatic heterocycles. The van der Waals surface area contributed by atoms with Gasteiger partial charge in [-0.1, -0.05) is 25.4 Å². The molecule has 0 fully saturated rings. The number of nitrogens with zero attached hydrogens (tertiary/aromatic N) is 1. The van der Waals surface area contributed by atoms with E-state index in [1.165, 1.54) is 29.4 Å². The van der Waals surface area contributed by atoms with Gasteiger partial charge in [0.2, 0.25) is 10.0 Å². The minimum absolute atomic E-state index is 0.00986. The van der Waals surface area contributed by atoms with Crippen LogP contribution in [0.15, 0.2) is 23.1 Å². The molecule has 0 saturated heterocycles. The molecule has 150 valence electrons. The Morgan fingerprint density at radius 1 is 1.15 bits per heavy atom. The van der Waals surface area contributed by atoms with E-state index in [4.69, 9.17) is 16.3 Å². The Balaban J connectivity index is 2.82. The molecule has 0 radical (unpaired) electrons. The predicted octanol–water partition coefficient (Wildman–Crippen LogP) is 2.22. The fourth-order valence-corrected chi connectivity index (χ4v) is 3.81. The number of sulfonamides is 1. The molecular weight excluding hydrogens is 396 g/mol. The Labute approximate surface area is 163 Å². The average molecular weight is 419 g/mol. The smallest absolute Gasteiger partial charge is 0.306 e. The van der Waals surface area contributed by atoms with Crippen molar-refractivity contribution in [3.8, 4) is 0 Å². The van der Waals surface area contributed by atoms with Gasteiger partial charge in [-0.05, 0) is 25.1 Å². The SMILES string of the molecule is CCN(CC)S(=O)(=O)c1ccc(Cl)c(NC(=O)COC(=O)CCC(C)=O)c1. The Kier molecular flexibility index (Phi) is 8.87.